The van der Waals surface area contributed by atoms with E-state index in [4.69, 9.17) is 19.0 Å². The highest BCUT2D eigenvalue weighted by Crippen LogP contribution is 2.30. The normalized spacial score (nSPS) is 14.4. The molecule has 0 saturated carbocycles. The lowest BCUT2D eigenvalue weighted by Crippen LogP contribution is -2.49. The molecular formula is C17H30N2O3Si. The largest absolute Gasteiger partial charge is 0.503 e. The Morgan fingerprint density at radius 1 is 1.13 bits per heavy atom. The van der Waals surface area contributed by atoms with Crippen molar-refractivity contribution in [1.29, 1.82) is 0 Å². The predicted octanol–water partition coefficient (Wildman–Crippen LogP) is 2.49. The number of hydrogen-bond acceptors (Lipinski definition) is 5. The lowest BCUT2D eigenvalue weighted by molar-refractivity contribution is 0.108. The van der Waals surface area contributed by atoms with Gasteiger partial charge in [0.25, 0.3) is 0 Å². The summed E-state index contributed by atoms with van der Waals surface area (Å²) in [6, 6.07) is 10.4. The fourth-order valence-corrected chi connectivity index (χ4v) is 5.38. The second-order valence-corrected chi connectivity index (χ2v) is 8.61. The number of nitrogens with one attached hydrogen (secondary N) is 1. The van der Waals surface area contributed by atoms with Crippen molar-refractivity contribution in [2.24, 2.45) is 5.73 Å². The molecule has 1 aromatic rings. The van der Waals surface area contributed by atoms with Gasteiger partial charge in [0.05, 0.1) is 6.04 Å². The molecule has 2 unspecified atom stereocenters. The SMILES string of the molecule is C=CC(NCCC(CCN)[Si](OC)(OC)OC)c1ccccc1. The lowest BCUT2D eigenvalue weighted by Gasteiger charge is -2.32. The summed E-state index contributed by atoms with van der Waals surface area (Å²) in [6.07, 6.45) is 3.60. The molecule has 23 heavy (non-hydrogen) atoms. The summed E-state index contributed by atoms with van der Waals surface area (Å²) >= 11 is 0. The van der Waals surface area contributed by atoms with Crippen LogP contribution in [-0.2, 0) is 13.3 Å². The van der Waals surface area contributed by atoms with Gasteiger partial charge in [-0.1, -0.05) is 36.4 Å². The molecule has 0 aliphatic carbocycles. The second-order valence-electron chi connectivity index (χ2n) is 5.36. The number of nitrogens with two attached hydrogens (primary N) is 1. The summed E-state index contributed by atoms with van der Waals surface area (Å²) in [7, 11) is 2.26. The van der Waals surface area contributed by atoms with Crippen LogP contribution in [0.3, 0.4) is 0 Å². The van der Waals surface area contributed by atoms with Crippen LogP contribution in [0.25, 0.3) is 0 Å². The van der Waals surface area contributed by atoms with Crippen molar-refractivity contribution in [3.05, 3.63) is 48.6 Å². The molecule has 3 N–H and O–H groups in total. The minimum Gasteiger partial charge on any atom is -0.377 e. The quantitative estimate of drug-likeness (QED) is 0.453. The summed E-state index contributed by atoms with van der Waals surface area (Å²) in [4.78, 5) is 0. The van der Waals surface area contributed by atoms with Crippen molar-refractivity contribution >= 4 is 8.80 Å². The van der Waals surface area contributed by atoms with Crippen molar-refractivity contribution in [3.63, 3.8) is 0 Å². The average Bonchev–Trinajstić information content (AvgIpc) is 2.61. The van der Waals surface area contributed by atoms with Crippen LogP contribution in [-0.4, -0.2) is 43.2 Å². The van der Waals surface area contributed by atoms with E-state index in [0.29, 0.717) is 6.54 Å². The summed E-state index contributed by atoms with van der Waals surface area (Å²) in [5, 5.41) is 3.52. The molecule has 130 valence electrons. The van der Waals surface area contributed by atoms with Crippen LogP contribution in [0.5, 0.6) is 0 Å². The molecule has 1 aromatic carbocycles. The Morgan fingerprint density at radius 2 is 1.74 bits per heavy atom. The molecule has 0 aromatic heterocycles. The van der Waals surface area contributed by atoms with Crippen LogP contribution in [0, 0.1) is 0 Å². The Kier molecular flexibility index (Phi) is 9.31. The van der Waals surface area contributed by atoms with Gasteiger partial charge in [0.2, 0.25) is 0 Å². The van der Waals surface area contributed by atoms with Gasteiger partial charge in [0, 0.05) is 26.9 Å². The van der Waals surface area contributed by atoms with E-state index in [1.165, 1.54) is 5.56 Å². The van der Waals surface area contributed by atoms with Crippen LogP contribution in [0.4, 0.5) is 0 Å². The smallest absolute Gasteiger partial charge is 0.377 e. The van der Waals surface area contributed by atoms with E-state index in [-0.39, 0.29) is 11.6 Å². The fraction of sp³-hybridized carbons (Fsp3) is 0.529. The monoisotopic (exact) mass is 338 g/mol. The van der Waals surface area contributed by atoms with E-state index in [1.54, 1.807) is 21.3 Å². The molecule has 0 amide bonds. The first-order valence-corrected chi connectivity index (χ1v) is 9.74. The summed E-state index contributed by atoms with van der Waals surface area (Å²) in [5.74, 6) is 0. The topological polar surface area (TPSA) is 65.7 Å². The first-order valence-electron chi connectivity index (χ1n) is 7.93. The standard InChI is InChI=1S/C17H30N2O3Si/c1-5-17(15-9-7-6-8-10-15)19-14-12-16(11-13-18)23(20-2,21-3)22-4/h5-10,16-17,19H,1,11-14,18H2,2-4H3. The highest BCUT2D eigenvalue weighted by atomic mass is 28.4. The van der Waals surface area contributed by atoms with Gasteiger partial charge in [0.15, 0.2) is 0 Å². The molecule has 6 heteroatoms. The Hall–Kier alpha value is -1.02. The lowest BCUT2D eigenvalue weighted by atomic mass is 10.1. The molecule has 0 saturated heterocycles. The van der Waals surface area contributed by atoms with Gasteiger partial charge in [-0.2, -0.15) is 0 Å². The summed E-state index contributed by atoms with van der Waals surface area (Å²) < 4.78 is 16.8. The van der Waals surface area contributed by atoms with Crippen molar-refractivity contribution < 1.29 is 13.3 Å². The third kappa shape index (κ3) is 5.52. The van der Waals surface area contributed by atoms with Crippen LogP contribution < -0.4 is 11.1 Å². The van der Waals surface area contributed by atoms with E-state index in [9.17, 15) is 0 Å². The zero-order chi connectivity index (χ0) is 17.1. The van der Waals surface area contributed by atoms with Crippen molar-refractivity contribution in [2.75, 3.05) is 34.4 Å². The number of benzene rings is 1. The summed E-state index contributed by atoms with van der Waals surface area (Å²) in [6.45, 7) is 5.31. The third-order valence-electron chi connectivity index (χ3n) is 4.12. The molecule has 0 spiro atoms. The predicted molar refractivity (Wildman–Crippen MR) is 96.2 cm³/mol. The van der Waals surface area contributed by atoms with Gasteiger partial charge in [-0.3, -0.25) is 0 Å². The zero-order valence-corrected chi connectivity index (χ0v) is 15.5. The zero-order valence-electron chi connectivity index (χ0n) is 14.5. The van der Waals surface area contributed by atoms with Crippen molar-refractivity contribution in [2.45, 2.75) is 24.4 Å². The van der Waals surface area contributed by atoms with Gasteiger partial charge in [-0.25, -0.2) is 0 Å². The summed E-state index contributed by atoms with van der Waals surface area (Å²) in [5.41, 5.74) is 7.13. The maximum absolute atomic E-state index is 5.76. The third-order valence-corrected chi connectivity index (χ3v) is 7.40. The average molecular weight is 339 g/mol. The Balaban J connectivity index is 2.66. The molecular weight excluding hydrogens is 308 g/mol. The second kappa shape index (κ2) is 10.7. The van der Waals surface area contributed by atoms with Gasteiger partial charge in [-0.15, -0.1) is 6.58 Å². The highest BCUT2D eigenvalue weighted by Gasteiger charge is 2.46. The molecule has 0 heterocycles. The molecule has 0 aliphatic heterocycles. The van der Waals surface area contributed by atoms with Crippen LogP contribution >= 0.6 is 0 Å². The molecule has 0 aliphatic rings. The Morgan fingerprint density at radius 3 is 2.22 bits per heavy atom. The minimum absolute atomic E-state index is 0.124. The molecule has 1 rings (SSSR count). The van der Waals surface area contributed by atoms with E-state index >= 15 is 0 Å². The van der Waals surface area contributed by atoms with Gasteiger partial charge in [-0.05, 0) is 31.5 Å². The molecule has 2 atom stereocenters. The fourth-order valence-electron chi connectivity index (χ4n) is 2.86. The first kappa shape index (κ1) is 20.0. The Labute approximate surface area is 141 Å². The Bertz CT molecular complexity index is 432. The maximum atomic E-state index is 5.76. The van der Waals surface area contributed by atoms with Gasteiger partial charge in [0.1, 0.15) is 0 Å². The number of hydrogen-bond donors (Lipinski definition) is 2. The van der Waals surface area contributed by atoms with Crippen molar-refractivity contribution in [1.82, 2.24) is 5.32 Å². The highest BCUT2D eigenvalue weighted by molar-refractivity contribution is 6.62. The van der Waals surface area contributed by atoms with E-state index in [0.717, 1.165) is 19.4 Å². The van der Waals surface area contributed by atoms with Crippen molar-refractivity contribution in [3.8, 4) is 0 Å². The van der Waals surface area contributed by atoms with E-state index < -0.39 is 8.80 Å². The van der Waals surface area contributed by atoms with Crippen LogP contribution in [0.2, 0.25) is 5.54 Å². The van der Waals surface area contributed by atoms with E-state index in [2.05, 4.69) is 24.0 Å². The van der Waals surface area contributed by atoms with Crippen LogP contribution in [0.15, 0.2) is 43.0 Å². The molecule has 0 fully saturated rings. The first-order chi connectivity index (χ1) is 11.2. The molecule has 0 radical (unpaired) electrons. The molecule has 0 bridgehead atoms. The minimum atomic E-state index is -2.68. The van der Waals surface area contributed by atoms with Gasteiger partial charge >= 0.3 is 8.80 Å². The van der Waals surface area contributed by atoms with Crippen LogP contribution in [0.1, 0.15) is 24.4 Å². The van der Waals surface area contributed by atoms with Gasteiger partial charge < -0.3 is 24.3 Å². The maximum Gasteiger partial charge on any atom is 0.503 e. The van der Waals surface area contributed by atoms with E-state index in [1.807, 2.05) is 24.3 Å². The number of rotatable bonds is 12. The molecule has 5 nitrogen and oxygen atoms in total.